The Balaban J connectivity index is 1.34. The molecule has 1 aliphatic heterocycles. The number of carbonyl (C=O) groups is 2. The Kier molecular flexibility index (Phi) is 4.97. The number of hydrogen-bond donors (Lipinski definition) is 0. The molecule has 0 spiro atoms. The second-order valence-corrected chi connectivity index (χ2v) is 6.80. The first-order valence-corrected chi connectivity index (χ1v) is 9.12. The molecule has 1 aromatic carbocycles. The van der Waals surface area contributed by atoms with Crippen molar-refractivity contribution in [2.45, 2.75) is 26.0 Å². The zero-order valence-corrected chi connectivity index (χ0v) is 15.4. The molecule has 0 unspecified atom stereocenters. The molecule has 0 aliphatic carbocycles. The van der Waals surface area contributed by atoms with E-state index in [1.807, 2.05) is 37.3 Å². The zero-order valence-electron chi connectivity index (χ0n) is 15.4. The number of esters is 1. The number of likely N-dealkylation sites (tertiary alicyclic amines) is 1. The smallest absolute Gasteiger partial charge is 0.311 e. The molecule has 0 saturated carbocycles. The predicted octanol–water partition coefficient (Wildman–Crippen LogP) is 3.59. The van der Waals surface area contributed by atoms with Crippen molar-refractivity contribution in [3.8, 4) is 11.5 Å². The Bertz CT molecular complexity index is 948. The van der Waals surface area contributed by atoms with Gasteiger partial charge in [0, 0.05) is 19.0 Å². The number of furan rings is 1. The molecular weight excluding hydrogens is 360 g/mol. The van der Waals surface area contributed by atoms with Crippen molar-refractivity contribution in [2.24, 2.45) is 5.92 Å². The molecule has 7 nitrogen and oxygen atoms in total. The Morgan fingerprint density at radius 1 is 1.25 bits per heavy atom. The molecule has 1 fully saturated rings. The van der Waals surface area contributed by atoms with Gasteiger partial charge in [0.1, 0.15) is 12.3 Å². The Morgan fingerprint density at radius 2 is 2.07 bits per heavy atom. The molecule has 4 rings (SSSR count). The Morgan fingerprint density at radius 3 is 2.82 bits per heavy atom. The highest BCUT2D eigenvalue weighted by atomic mass is 16.5. The van der Waals surface area contributed by atoms with Crippen LogP contribution in [0.5, 0.6) is 0 Å². The van der Waals surface area contributed by atoms with Crippen molar-refractivity contribution in [1.29, 1.82) is 0 Å². The quantitative estimate of drug-likeness (QED) is 0.608. The van der Waals surface area contributed by atoms with Crippen molar-refractivity contribution in [2.75, 3.05) is 6.54 Å². The van der Waals surface area contributed by atoms with Gasteiger partial charge >= 0.3 is 5.97 Å². The fourth-order valence-corrected chi connectivity index (χ4v) is 3.35. The maximum absolute atomic E-state index is 12.4. The summed E-state index contributed by atoms with van der Waals surface area (Å²) in [4.78, 5) is 26.5. The lowest BCUT2D eigenvalue weighted by Gasteiger charge is -2.25. The number of benzene rings is 1. The summed E-state index contributed by atoms with van der Waals surface area (Å²) < 4.78 is 15.8. The number of aromatic nitrogens is 1. The highest BCUT2D eigenvalue weighted by Gasteiger charge is 2.38. The van der Waals surface area contributed by atoms with Crippen LogP contribution in [0.1, 0.15) is 30.6 Å². The normalized spacial score (nSPS) is 17.7. The summed E-state index contributed by atoms with van der Waals surface area (Å²) in [5.74, 6) is 0.0978. The number of carbonyl (C=O) groups excluding carboxylic acids is 2. The van der Waals surface area contributed by atoms with Crippen LogP contribution in [0.25, 0.3) is 11.5 Å². The van der Waals surface area contributed by atoms with E-state index in [0.29, 0.717) is 23.8 Å². The summed E-state index contributed by atoms with van der Waals surface area (Å²) in [5.41, 5.74) is 1.52. The molecule has 3 aromatic rings. The van der Waals surface area contributed by atoms with Crippen molar-refractivity contribution in [3.63, 3.8) is 0 Å². The number of hydrogen-bond acceptors (Lipinski definition) is 6. The van der Waals surface area contributed by atoms with E-state index in [0.717, 1.165) is 5.56 Å². The van der Waals surface area contributed by atoms with Crippen molar-refractivity contribution >= 4 is 11.9 Å². The zero-order chi connectivity index (χ0) is 19.5. The lowest BCUT2D eigenvalue weighted by Crippen LogP contribution is -2.29. The van der Waals surface area contributed by atoms with E-state index in [1.165, 1.54) is 6.26 Å². The molecule has 1 saturated heterocycles. The van der Waals surface area contributed by atoms with Crippen LogP contribution < -0.4 is 0 Å². The summed E-state index contributed by atoms with van der Waals surface area (Å²) in [6.45, 7) is 2.30. The van der Waals surface area contributed by atoms with E-state index in [-0.39, 0.29) is 25.0 Å². The minimum absolute atomic E-state index is 0.0119. The van der Waals surface area contributed by atoms with E-state index in [1.54, 1.807) is 23.1 Å². The van der Waals surface area contributed by atoms with Crippen LogP contribution in [0.2, 0.25) is 0 Å². The average molecular weight is 380 g/mol. The Hall–Kier alpha value is -3.35. The minimum Gasteiger partial charge on any atom is -0.461 e. The van der Waals surface area contributed by atoms with Gasteiger partial charge in [-0.3, -0.25) is 9.59 Å². The van der Waals surface area contributed by atoms with E-state index < -0.39 is 11.9 Å². The van der Waals surface area contributed by atoms with Gasteiger partial charge in [0.25, 0.3) is 0 Å². The van der Waals surface area contributed by atoms with Crippen LogP contribution in [0.4, 0.5) is 0 Å². The van der Waals surface area contributed by atoms with Crippen LogP contribution in [0.3, 0.4) is 0 Å². The lowest BCUT2D eigenvalue weighted by atomic mass is 10.1. The van der Waals surface area contributed by atoms with Gasteiger partial charge in [0.05, 0.1) is 18.2 Å². The van der Waals surface area contributed by atoms with Gasteiger partial charge < -0.3 is 18.6 Å². The molecule has 7 heteroatoms. The molecule has 0 bridgehead atoms. The summed E-state index contributed by atoms with van der Waals surface area (Å²) in [6.07, 6.45) is 1.70. The first kappa shape index (κ1) is 18.0. The highest BCUT2D eigenvalue weighted by molar-refractivity contribution is 5.87. The SMILES string of the molecule is C[C@@H](c1ccccc1)N1C[C@@H](C(=O)OCc2cc(-c3ccco3)on2)CC1=O. The van der Waals surface area contributed by atoms with Crippen LogP contribution in [0, 0.1) is 5.92 Å². The van der Waals surface area contributed by atoms with Crippen molar-refractivity contribution in [3.05, 3.63) is 66.1 Å². The first-order valence-electron chi connectivity index (χ1n) is 9.12. The maximum Gasteiger partial charge on any atom is 0.311 e. The molecule has 0 N–H and O–H groups in total. The standard InChI is InChI=1S/C21H20N2O5/c1-14(15-6-3-2-4-7-15)23-12-16(10-20(23)24)21(25)27-13-17-11-19(28-22-17)18-8-5-9-26-18/h2-9,11,14,16H,10,12-13H2,1H3/t14-,16-/m0/s1. The van der Waals surface area contributed by atoms with Gasteiger partial charge in [-0.25, -0.2) is 0 Å². The largest absolute Gasteiger partial charge is 0.461 e. The van der Waals surface area contributed by atoms with Crippen LogP contribution in [-0.2, 0) is 20.9 Å². The average Bonchev–Trinajstić information content (AvgIpc) is 3.46. The topological polar surface area (TPSA) is 85.8 Å². The van der Waals surface area contributed by atoms with Gasteiger partial charge in [-0.15, -0.1) is 0 Å². The van der Waals surface area contributed by atoms with E-state index in [4.69, 9.17) is 13.7 Å². The van der Waals surface area contributed by atoms with Gasteiger partial charge in [-0.2, -0.15) is 0 Å². The number of rotatable bonds is 6. The minimum atomic E-state index is -0.477. The van der Waals surface area contributed by atoms with Gasteiger partial charge in [-0.05, 0) is 24.6 Å². The third kappa shape index (κ3) is 3.69. The van der Waals surface area contributed by atoms with Gasteiger partial charge in [0.2, 0.25) is 11.7 Å². The van der Waals surface area contributed by atoms with E-state index >= 15 is 0 Å². The molecule has 0 radical (unpaired) electrons. The number of amides is 1. The Labute approximate surface area is 161 Å². The monoisotopic (exact) mass is 380 g/mol. The molecule has 2 atom stereocenters. The molecular formula is C21H20N2O5. The van der Waals surface area contributed by atoms with E-state index in [2.05, 4.69) is 5.16 Å². The van der Waals surface area contributed by atoms with Crippen LogP contribution >= 0.6 is 0 Å². The molecule has 144 valence electrons. The summed E-state index contributed by atoms with van der Waals surface area (Å²) >= 11 is 0. The molecule has 2 aromatic heterocycles. The van der Waals surface area contributed by atoms with Crippen molar-refractivity contribution in [1.82, 2.24) is 10.1 Å². The number of nitrogens with zero attached hydrogens (tertiary/aromatic N) is 2. The molecule has 1 aliphatic rings. The molecule has 3 heterocycles. The molecule has 1 amide bonds. The summed E-state index contributed by atoms with van der Waals surface area (Å²) in [7, 11) is 0. The third-order valence-electron chi connectivity index (χ3n) is 4.93. The number of ether oxygens (including phenoxy) is 1. The summed E-state index contributed by atoms with van der Waals surface area (Å²) in [6, 6.07) is 14.8. The van der Waals surface area contributed by atoms with E-state index in [9.17, 15) is 9.59 Å². The van der Waals surface area contributed by atoms with Crippen molar-refractivity contribution < 1.29 is 23.3 Å². The molecule has 28 heavy (non-hydrogen) atoms. The highest BCUT2D eigenvalue weighted by Crippen LogP contribution is 2.29. The maximum atomic E-state index is 12.4. The summed E-state index contributed by atoms with van der Waals surface area (Å²) in [5, 5.41) is 3.88. The van der Waals surface area contributed by atoms with Gasteiger partial charge in [0.15, 0.2) is 5.76 Å². The van der Waals surface area contributed by atoms with Crippen LogP contribution in [0.15, 0.2) is 63.7 Å². The fraction of sp³-hybridized carbons (Fsp3) is 0.286. The van der Waals surface area contributed by atoms with Gasteiger partial charge in [-0.1, -0.05) is 35.5 Å². The van der Waals surface area contributed by atoms with Crippen LogP contribution in [-0.4, -0.2) is 28.5 Å². The lowest BCUT2D eigenvalue weighted by molar-refractivity contribution is -0.149. The third-order valence-corrected chi connectivity index (χ3v) is 4.93. The second-order valence-electron chi connectivity index (χ2n) is 6.80. The fourth-order valence-electron chi connectivity index (χ4n) is 3.35. The first-order chi connectivity index (χ1) is 13.6. The predicted molar refractivity (Wildman–Crippen MR) is 98.7 cm³/mol. The second kappa shape index (κ2) is 7.72.